The molecule has 0 atom stereocenters. The third-order valence-corrected chi connectivity index (χ3v) is 2.29. The monoisotopic (exact) mass is 265 g/mol. The van der Waals surface area contributed by atoms with E-state index in [1.165, 1.54) is 0 Å². The highest BCUT2D eigenvalue weighted by Crippen LogP contribution is 2.12. The zero-order chi connectivity index (χ0) is 14.1. The molecule has 0 unspecified atom stereocenters. The van der Waals surface area contributed by atoms with E-state index in [1.807, 2.05) is 6.92 Å². The summed E-state index contributed by atoms with van der Waals surface area (Å²) in [4.78, 5) is 22.8. The van der Waals surface area contributed by atoms with Gasteiger partial charge in [0.15, 0.2) is 0 Å². The number of ether oxygens (including phenoxy) is 2. The summed E-state index contributed by atoms with van der Waals surface area (Å²) >= 11 is 0. The van der Waals surface area contributed by atoms with Gasteiger partial charge in [-0.15, -0.1) is 0 Å². The maximum atomic E-state index is 11.7. The summed E-state index contributed by atoms with van der Waals surface area (Å²) in [6, 6.07) is 6.78. The van der Waals surface area contributed by atoms with Gasteiger partial charge in [0.1, 0.15) is 12.3 Å². The molecule has 1 rings (SSSR count). The Hall–Kier alpha value is -2.04. The largest absolute Gasteiger partial charge is 0.494 e. The van der Waals surface area contributed by atoms with Crippen molar-refractivity contribution in [2.45, 2.75) is 20.3 Å². The summed E-state index contributed by atoms with van der Waals surface area (Å²) in [7, 11) is 0. The van der Waals surface area contributed by atoms with E-state index in [4.69, 9.17) is 9.47 Å². The molecule has 1 amide bonds. The number of benzene rings is 1. The zero-order valence-electron chi connectivity index (χ0n) is 11.3. The SMILES string of the molecule is CCCOc1ccc(C(=O)NCC(=O)OCC)cc1. The zero-order valence-corrected chi connectivity index (χ0v) is 11.3. The number of carbonyl (C=O) groups is 2. The van der Waals surface area contributed by atoms with Crippen LogP contribution in [-0.2, 0) is 9.53 Å². The molecule has 0 aliphatic carbocycles. The Labute approximate surface area is 112 Å². The van der Waals surface area contributed by atoms with Gasteiger partial charge in [0.05, 0.1) is 13.2 Å². The molecule has 5 nitrogen and oxygen atoms in total. The minimum Gasteiger partial charge on any atom is -0.494 e. The summed E-state index contributed by atoms with van der Waals surface area (Å²) in [5.74, 6) is -0.0300. The van der Waals surface area contributed by atoms with Crippen LogP contribution in [0.3, 0.4) is 0 Å². The van der Waals surface area contributed by atoms with Crippen LogP contribution >= 0.6 is 0 Å². The molecule has 1 N–H and O–H groups in total. The van der Waals surface area contributed by atoms with E-state index in [-0.39, 0.29) is 12.5 Å². The van der Waals surface area contributed by atoms with Gasteiger partial charge in [-0.3, -0.25) is 9.59 Å². The van der Waals surface area contributed by atoms with Crippen molar-refractivity contribution in [3.8, 4) is 5.75 Å². The van der Waals surface area contributed by atoms with Crippen LogP contribution in [0.4, 0.5) is 0 Å². The lowest BCUT2D eigenvalue weighted by Crippen LogP contribution is -2.30. The summed E-state index contributed by atoms with van der Waals surface area (Å²) in [6.07, 6.45) is 0.932. The Kier molecular flexibility index (Phi) is 6.43. The van der Waals surface area contributed by atoms with Gasteiger partial charge >= 0.3 is 5.97 Å². The van der Waals surface area contributed by atoms with Gasteiger partial charge in [0.25, 0.3) is 5.91 Å². The quantitative estimate of drug-likeness (QED) is 0.763. The van der Waals surface area contributed by atoms with E-state index < -0.39 is 5.97 Å². The van der Waals surface area contributed by atoms with Crippen LogP contribution in [0.5, 0.6) is 5.75 Å². The lowest BCUT2D eigenvalue weighted by molar-refractivity contribution is -0.141. The first-order valence-corrected chi connectivity index (χ1v) is 6.34. The second kappa shape index (κ2) is 8.13. The van der Waals surface area contributed by atoms with Crippen molar-refractivity contribution in [3.63, 3.8) is 0 Å². The van der Waals surface area contributed by atoms with Crippen molar-refractivity contribution in [3.05, 3.63) is 29.8 Å². The number of esters is 1. The Morgan fingerprint density at radius 3 is 2.42 bits per heavy atom. The minimum absolute atomic E-state index is 0.124. The second-order valence-electron chi connectivity index (χ2n) is 3.86. The molecule has 0 aliphatic heterocycles. The molecule has 1 aromatic rings. The summed E-state index contributed by atoms with van der Waals surface area (Å²) < 4.78 is 10.1. The van der Waals surface area contributed by atoms with Crippen LogP contribution in [0.25, 0.3) is 0 Å². The standard InChI is InChI=1S/C14H19NO4/c1-3-9-19-12-7-5-11(6-8-12)14(17)15-10-13(16)18-4-2/h5-8H,3-4,9-10H2,1-2H3,(H,15,17). The fraction of sp³-hybridized carbons (Fsp3) is 0.429. The van der Waals surface area contributed by atoms with Crippen LogP contribution in [0.15, 0.2) is 24.3 Å². The van der Waals surface area contributed by atoms with Gasteiger partial charge in [0.2, 0.25) is 0 Å². The van der Waals surface area contributed by atoms with Crippen molar-refractivity contribution < 1.29 is 19.1 Å². The molecule has 0 aliphatic rings. The number of carbonyl (C=O) groups excluding carboxylic acids is 2. The summed E-state index contributed by atoms with van der Waals surface area (Å²) in [6.45, 7) is 4.57. The first-order chi connectivity index (χ1) is 9.17. The number of rotatable bonds is 7. The number of amides is 1. The van der Waals surface area contributed by atoms with Crippen LogP contribution in [0.1, 0.15) is 30.6 Å². The normalized spacial score (nSPS) is 9.79. The molecule has 104 valence electrons. The average molecular weight is 265 g/mol. The molecule has 0 saturated carbocycles. The highest BCUT2D eigenvalue weighted by molar-refractivity contribution is 5.95. The van der Waals surface area contributed by atoms with Gasteiger partial charge in [-0.1, -0.05) is 6.92 Å². The topological polar surface area (TPSA) is 64.6 Å². The lowest BCUT2D eigenvalue weighted by atomic mass is 10.2. The Balaban J connectivity index is 2.46. The Morgan fingerprint density at radius 1 is 1.16 bits per heavy atom. The van der Waals surface area contributed by atoms with Crippen molar-refractivity contribution >= 4 is 11.9 Å². The van der Waals surface area contributed by atoms with E-state index in [9.17, 15) is 9.59 Å². The smallest absolute Gasteiger partial charge is 0.325 e. The lowest BCUT2D eigenvalue weighted by Gasteiger charge is -2.07. The summed E-state index contributed by atoms with van der Waals surface area (Å²) in [5, 5.41) is 2.49. The van der Waals surface area contributed by atoms with E-state index in [0.717, 1.165) is 12.2 Å². The second-order valence-corrected chi connectivity index (χ2v) is 3.86. The van der Waals surface area contributed by atoms with Crippen LogP contribution in [0, 0.1) is 0 Å². The molecule has 0 radical (unpaired) electrons. The fourth-order valence-corrected chi connectivity index (χ4v) is 1.39. The molecule has 0 fully saturated rings. The fourth-order valence-electron chi connectivity index (χ4n) is 1.39. The molecule has 0 aromatic heterocycles. The third kappa shape index (κ3) is 5.42. The van der Waals surface area contributed by atoms with E-state index in [0.29, 0.717) is 18.8 Å². The third-order valence-electron chi connectivity index (χ3n) is 2.29. The van der Waals surface area contributed by atoms with Gasteiger partial charge in [-0.25, -0.2) is 0 Å². The predicted octanol–water partition coefficient (Wildman–Crippen LogP) is 1.77. The highest BCUT2D eigenvalue weighted by atomic mass is 16.5. The van der Waals surface area contributed by atoms with Crippen LogP contribution in [0.2, 0.25) is 0 Å². The Morgan fingerprint density at radius 2 is 1.84 bits per heavy atom. The molecular formula is C14H19NO4. The van der Waals surface area contributed by atoms with E-state index >= 15 is 0 Å². The van der Waals surface area contributed by atoms with Crippen molar-refractivity contribution in [1.29, 1.82) is 0 Å². The number of nitrogens with one attached hydrogen (secondary N) is 1. The highest BCUT2D eigenvalue weighted by Gasteiger charge is 2.08. The molecule has 0 saturated heterocycles. The van der Waals surface area contributed by atoms with Gasteiger partial charge in [-0.05, 0) is 37.6 Å². The van der Waals surface area contributed by atoms with Crippen molar-refractivity contribution in [2.75, 3.05) is 19.8 Å². The molecule has 0 heterocycles. The maximum Gasteiger partial charge on any atom is 0.325 e. The minimum atomic E-state index is -0.446. The van der Waals surface area contributed by atoms with Crippen LogP contribution < -0.4 is 10.1 Å². The van der Waals surface area contributed by atoms with Crippen LogP contribution in [-0.4, -0.2) is 31.6 Å². The van der Waals surface area contributed by atoms with E-state index in [2.05, 4.69) is 5.32 Å². The molecule has 0 bridgehead atoms. The summed E-state index contributed by atoms with van der Waals surface area (Å²) in [5.41, 5.74) is 0.480. The van der Waals surface area contributed by atoms with E-state index in [1.54, 1.807) is 31.2 Å². The van der Waals surface area contributed by atoms with Gasteiger partial charge < -0.3 is 14.8 Å². The molecule has 19 heavy (non-hydrogen) atoms. The van der Waals surface area contributed by atoms with Crippen molar-refractivity contribution in [2.24, 2.45) is 0 Å². The van der Waals surface area contributed by atoms with Gasteiger partial charge in [0, 0.05) is 5.56 Å². The van der Waals surface area contributed by atoms with Crippen molar-refractivity contribution in [1.82, 2.24) is 5.32 Å². The predicted molar refractivity (Wildman–Crippen MR) is 71.2 cm³/mol. The number of hydrogen-bond acceptors (Lipinski definition) is 4. The first-order valence-electron chi connectivity index (χ1n) is 6.34. The first kappa shape index (κ1) is 15.0. The Bertz CT molecular complexity index is 414. The molecular weight excluding hydrogens is 246 g/mol. The number of hydrogen-bond donors (Lipinski definition) is 1. The molecule has 0 spiro atoms. The molecule has 5 heteroatoms. The average Bonchev–Trinajstić information content (AvgIpc) is 2.43. The molecule has 1 aromatic carbocycles. The van der Waals surface area contributed by atoms with Gasteiger partial charge in [-0.2, -0.15) is 0 Å². The maximum absolute atomic E-state index is 11.7.